The lowest BCUT2D eigenvalue weighted by molar-refractivity contribution is -0.140. The molecule has 0 bridgehead atoms. The van der Waals surface area contributed by atoms with Crippen LogP contribution in [-0.4, -0.2) is 44.9 Å². The summed E-state index contributed by atoms with van der Waals surface area (Å²) in [6.45, 7) is 6.68. The van der Waals surface area contributed by atoms with Gasteiger partial charge in [0.2, 0.25) is 5.91 Å². The number of amides is 1. The van der Waals surface area contributed by atoms with Gasteiger partial charge in [-0.25, -0.2) is 4.68 Å². The number of hydrogen-bond donors (Lipinski definition) is 1. The van der Waals surface area contributed by atoms with Gasteiger partial charge in [0.15, 0.2) is 0 Å². The quantitative estimate of drug-likeness (QED) is 0.936. The van der Waals surface area contributed by atoms with E-state index in [1.807, 2.05) is 43.7 Å². The van der Waals surface area contributed by atoms with Crippen molar-refractivity contribution in [2.45, 2.75) is 33.3 Å². The van der Waals surface area contributed by atoms with Crippen molar-refractivity contribution >= 4 is 17.5 Å². The van der Waals surface area contributed by atoms with Crippen molar-refractivity contribution in [3.05, 3.63) is 45.7 Å². The summed E-state index contributed by atoms with van der Waals surface area (Å²) in [6, 6.07) is 5.81. The fourth-order valence-corrected chi connectivity index (χ4v) is 2.99. The zero-order chi connectivity index (χ0) is 16.7. The van der Waals surface area contributed by atoms with Gasteiger partial charge in [0, 0.05) is 29.4 Å². The van der Waals surface area contributed by atoms with Crippen molar-refractivity contribution in [1.82, 2.24) is 14.7 Å². The van der Waals surface area contributed by atoms with Crippen LogP contribution in [0, 0.1) is 20.8 Å². The first-order valence-corrected chi connectivity index (χ1v) is 8.02. The number of rotatable bonds is 3. The van der Waals surface area contributed by atoms with E-state index in [9.17, 15) is 9.90 Å². The highest BCUT2D eigenvalue weighted by Crippen LogP contribution is 2.23. The highest BCUT2D eigenvalue weighted by molar-refractivity contribution is 6.31. The van der Waals surface area contributed by atoms with Crippen LogP contribution in [0.1, 0.15) is 22.5 Å². The zero-order valence-corrected chi connectivity index (χ0v) is 14.3. The minimum absolute atomic E-state index is 0.0305. The van der Waals surface area contributed by atoms with E-state index in [0.717, 1.165) is 28.2 Å². The number of benzene rings is 1. The Hall–Kier alpha value is -1.85. The van der Waals surface area contributed by atoms with Gasteiger partial charge in [0.25, 0.3) is 0 Å². The third kappa shape index (κ3) is 2.99. The molecule has 1 aromatic carbocycles. The van der Waals surface area contributed by atoms with Crippen molar-refractivity contribution in [2.24, 2.45) is 0 Å². The maximum atomic E-state index is 12.2. The molecule has 6 heteroatoms. The predicted octanol–water partition coefficient (Wildman–Crippen LogP) is 2.20. The van der Waals surface area contributed by atoms with Gasteiger partial charge >= 0.3 is 0 Å². The molecule has 1 fully saturated rings. The van der Waals surface area contributed by atoms with Crippen molar-refractivity contribution < 1.29 is 9.90 Å². The Morgan fingerprint density at radius 1 is 1.35 bits per heavy atom. The largest absolute Gasteiger partial charge is 0.389 e. The number of carbonyl (C=O) groups excluding carboxylic acids is 1. The van der Waals surface area contributed by atoms with Crippen LogP contribution in [0.5, 0.6) is 0 Å². The summed E-state index contributed by atoms with van der Waals surface area (Å²) in [7, 11) is 0. The molecule has 1 N–H and O–H groups in total. The number of carbonyl (C=O) groups is 1. The SMILES string of the molecule is Cc1ccc(-n2nc(C)c(CC(=O)N3CC(O)C3)c2C)cc1Cl. The van der Waals surface area contributed by atoms with Crippen molar-refractivity contribution in [3.8, 4) is 5.69 Å². The number of nitrogens with zero attached hydrogens (tertiary/aromatic N) is 3. The van der Waals surface area contributed by atoms with Gasteiger partial charge in [0.05, 0.1) is 23.9 Å². The van der Waals surface area contributed by atoms with E-state index in [-0.39, 0.29) is 12.0 Å². The minimum atomic E-state index is -0.376. The van der Waals surface area contributed by atoms with E-state index in [1.165, 1.54) is 0 Å². The van der Waals surface area contributed by atoms with Crippen molar-refractivity contribution in [1.29, 1.82) is 0 Å². The fourth-order valence-electron chi connectivity index (χ4n) is 2.82. The lowest BCUT2D eigenvalue weighted by atomic mass is 10.1. The molecular weight excluding hydrogens is 314 g/mol. The highest BCUT2D eigenvalue weighted by atomic mass is 35.5. The van der Waals surface area contributed by atoms with E-state index in [0.29, 0.717) is 24.5 Å². The third-order valence-corrected chi connectivity index (χ3v) is 4.79. The third-order valence-electron chi connectivity index (χ3n) is 4.38. The number of hydrogen-bond acceptors (Lipinski definition) is 3. The maximum Gasteiger partial charge on any atom is 0.227 e. The van der Waals surface area contributed by atoms with E-state index < -0.39 is 0 Å². The molecule has 0 unspecified atom stereocenters. The summed E-state index contributed by atoms with van der Waals surface area (Å²) >= 11 is 6.20. The van der Waals surface area contributed by atoms with Crippen LogP contribution in [0.15, 0.2) is 18.2 Å². The second kappa shape index (κ2) is 5.98. The number of aliphatic hydroxyl groups is 1. The Morgan fingerprint density at radius 2 is 2.04 bits per heavy atom. The second-order valence-corrected chi connectivity index (χ2v) is 6.53. The summed E-state index contributed by atoms with van der Waals surface area (Å²) in [5, 5.41) is 14.6. The van der Waals surface area contributed by atoms with Crippen LogP contribution in [0.3, 0.4) is 0 Å². The van der Waals surface area contributed by atoms with Crippen LogP contribution < -0.4 is 0 Å². The molecule has 3 rings (SSSR count). The molecule has 0 atom stereocenters. The number of likely N-dealkylation sites (tertiary alicyclic amines) is 1. The molecule has 2 aromatic rings. The molecule has 1 aliphatic heterocycles. The summed E-state index contributed by atoms with van der Waals surface area (Å²) in [5.41, 5.74) is 4.63. The zero-order valence-electron chi connectivity index (χ0n) is 13.5. The van der Waals surface area contributed by atoms with Crippen LogP contribution in [0.25, 0.3) is 5.69 Å². The summed E-state index contributed by atoms with van der Waals surface area (Å²) in [6.07, 6.45) is -0.0668. The number of halogens is 1. The minimum Gasteiger partial charge on any atom is -0.389 e. The van der Waals surface area contributed by atoms with Gasteiger partial charge in [-0.05, 0) is 38.5 Å². The summed E-state index contributed by atoms with van der Waals surface area (Å²) in [5.74, 6) is 0.0305. The van der Waals surface area contributed by atoms with Crippen molar-refractivity contribution in [2.75, 3.05) is 13.1 Å². The average molecular weight is 334 g/mol. The van der Waals surface area contributed by atoms with Gasteiger partial charge in [-0.15, -0.1) is 0 Å². The normalized spacial score (nSPS) is 14.9. The molecule has 1 amide bonds. The highest BCUT2D eigenvalue weighted by Gasteiger charge is 2.29. The average Bonchev–Trinajstić information content (AvgIpc) is 2.75. The molecule has 0 radical (unpaired) electrons. The van der Waals surface area contributed by atoms with E-state index in [4.69, 9.17) is 11.6 Å². The van der Waals surface area contributed by atoms with Gasteiger partial charge in [-0.3, -0.25) is 4.79 Å². The van der Waals surface area contributed by atoms with Gasteiger partial charge < -0.3 is 10.0 Å². The molecule has 0 aliphatic carbocycles. The number of aromatic nitrogens is 2. The Balaban J connectivity index is 1.87. The molecule has 0 spiro atoms. The van der Waals surface area contributed by atoms with E-state index in [2.05, 4.69) is 5.10 Å². The number of β-amino-alcohol motifs (C(OH)–C–C–N with tert-alkyl or cyclic N) is 1. The molecule has 122 valence electrons. The van der Waals surface area contributed by atoms with Gasteiger partial charge in [-0.1, -0.05) is 17.7 Å². The van der Waals surface area contributed by atoms with Crippen LogP contribution in [0.4, 0.5) is 0 Å². The summed E-state index contributed by atoms with van der Waals surface area (Å²) < 4.78 is 1.83. The monoisotopic (exact) mass is 333 g/mol. The molecular formula is C17H20ClN3O2. The van der Waals surface area contributed by atoms with Gasteiger partial charge in [-0.2, -0.15) is 5.10 Å². The van der Waals surface area contributed by atoms with Crippen LogP contribution >= 0.6 is 11.6 Å². The number of aryl methyl sites for hydroxylation is 2. The van der Waals surface area contributed by atoms with Gasteiger partial charge in [0.1, 0.15) is 0 Å². The summed E-state index contributed by atoms with van der Waals surface area (Å²) in [4.78, 5) is 13.9. The predicted molar refractivity (Wildman–Crippen MR) is 89.1 cm³/mol. The first-order valence-electron chi connectivity index (χ1n) is 7.64. The molecule has 2 heterocycles. The van der Waals surface area contributed by atoms with Crippen molar-refractivity contribution in [3.63, 3.8) is 0 Å². The first-order chi connectivity index (χ1) is 10.9. The number of aliphatic hydroxyl groups excluding tert-OH is 1. The Bertz CT molecular complexity index is 763. The topological polar surface area (TPSA) is 58.4 Å². The molecule has 5 nitrogen and oxygen atoms in total. The molecule has 1 aromatic heterocycles. The first kappa shape index (κ1) is 16.0. The maximum absolute atomic E-state index is 12.2. The lowest BCUT2D eigenvalue weighted by Gasteiger charge is -2.35. The Morgan fingerprint density at radius 3 is 2.65 bits per heavy atom. The lowest BCUT2D eigenvalue weighted by Crippen LogP contribution is -2.54. The fraction of sp³-hybridized carbons (Fsp3) is 0.412. The smallest absolute Gasteiger partial charge is 0.227 e. The molecule has 1 aliphatic rings. The second-order valence-electron chi connectivity index (χ2n) is 6.12. The van der Waals surface area contributed by atoms with Crippen LogP contribution in [-0.2, 0) is 11.2 Å². The standard InChI is InChI=1S/C17H20ClN3O2/c1-10-4-5-13(6-16(10)18)21-12(3)15(11(2)19-21)7-17(23)20-8-14(22)9-20/h4-6,14,22H,7-9H2,1-3H3. The Kier molecular flexibility index (Phi) is 4.17. The molecule has 23 heavy (non-hydrogen) atoms. The molecule has 0 saturated carbocycles. The van der Waals surface area contributed by atoms with E-state index >= 15 is 0 Å². The Labute approximate surface area is 140 Å². The van der Waals surface area contributed by atoms with Crippen LogP contribution in [0.2, 0.25) is 5.02 Å². The van der Waals surface area contributed by atoms with E-state index in [1.54, 1.807) is 4.90 Å². The molecule has 1 saturated heterocycles.